The van der Waals surface area contributed by atoms with Crippen molar-refractivity contribution < 1.29 is 9.90 Å². The van der Waals surface area contributed by atoms with Crippen LogP contribution in [0.4, 0.5) is 5.13 Å². The van der Waals surface area contributed by atoms with Gasteiger partial charge in [0.05, 0.1) is 12.1 Å². The van der Waals surface area contributed by atoms with Crippen LogP contribution in [-0.4, -0.2) is 46.6 Å². The first-order valence-electron chi connectivity index (χ1n) is 6.29. The number of nitrogens with one attached hydrogen (secondary N) is 1. The zero-order chi connectivity index (χ0) is 13.0. The lowest BCUT2D eigenvalue weighted by atomic mass is 10.3. The van der Waals surface area contributed by atoms with Crippen LogP contribution < -0.4 is 5.32 Å². The molecule has 6 heteroatoms. The van der Waals surface area contributed by atoms with E-state index in [2.05, 4.69) is 22.1 Å². The van der Waals surface area contributed by atoms with Crippen LogP contribution in [0.3, 0.4) is 0 Å². The molecule has 100 valence electrons. The van der Waals surface area contributed by atoms with Gasteiger partial charge in [0, 0.05) is 18.0 Å². The zero-order valence-electron chi connectivity index (χ0n) is 10.6. The largest absolute Gasteiger partial charge is 0.481 e. The van der Waals surface area contributed by atoms with Gasteiger partial charge in [-0.2, -0.15) is 0 Å². The third-order valence-electron chi connectivity index (χ3n) is 3.20. The summed E-state index contributed by atoms with van der Waals surface area (Å²) in [6.45, 7) is 5.44. The Morgan fingerprint density at radius 3 is 3.00 bits per heavy atom. The predicted octanol–water partition coefficient (Wildman–Crippen LogP) is 1.67. The van der Waals surface area contributed by atoms with E-state index in [0.717, 1.165) is 11.7 Å². The molecule has 2 rings (SSSR count). The molecule has 1 aliphatic rings. The van der Waals surface area contributed by atoms with Gasteiger partial charge in [0.15, 0.2) is 5.13 Å². The first-order valence-corrected chi connectivity index (χ1v) is 7.17. The smallest absolute Gasteiger partial charge is 0.309 e. The molecule has 1 aliphatic heterocycles. The van der Waals surface area contributed by atoms with E-state index < -0.39 is 5.97 Å². The third kappa shape index (κ3) is 3.68. The molecule has 0 spiro atoms. The van der Waals surface area contributed by atoms with Crippen LogP contribution in [0.25, 0.3) is 0 Å². The number of carboxylic acids is 1. The number of hydrogen-bond acceptors (Lipinski definition) is 5. The second kappa shape index (κ2) is 6.15. The van der Waals surface area contributed by atoms with Crippen molar-refractivity contribution in [2.45, 2.75) is 32.2 Å². The number of rotatable bonds is 6. The van der Waals surface area contributed by atoms with E-state index in [9.17, 15) is 4.79 Å². The van der Waals surface area contributed by atoms with Gasteiger partial charge in [-0.3, -0.25) is 9.69 Å². The van der Waals surface area contributed by atoms with E-state index in [1.807, 2.05) is 0 Å². The Labute approximate surface area is 111 Å². The highest BCUT2D eigenvalue weighted by Crippen LogP contribution is 2.17. The minimum atomic E-state index is -0.836. The van der Waals surface area contributed by atoms with E-state index in [-0.39, 0.29) is 6.42 Å². The van der Waals surface area contributed by atoms with Crippen LogP contribution in [0, 0.1) is 0 Å². The third-order valence-corrected chi connectivity index (χ3v) is 4.05. The quantitative estimate of drug-likeness (QED) is 0.822. The first-order chi connectivity index (χ1) is 8.65. The highest BCUT2D eigenvalue weighted by molar-refractivity contribution is 7.13. The number of carboxylic acid groups (broad SMARTS) is 1. The van der Waals surface area contributed by atoms with Gasteiger partial charge in [-0.05, 0) is 32.9 Å². The van der Waals surface area contributed by atoms with Crippen molar-refractivity contribution in [3.63, 3.8) is 0 Å². The average Bonchev–Trinajstić information content (AvgIpc) is 2.95. The molecule has 1 atom stereocenters. The standard InChI is InChI=1S/C12H19N3O2S/c1-9(15-4-2-3-5-15)7-13-12-14-10(8-18-12)6-11(16)17/h8-9H,2-7H2,1H3,(H,13,14)(H,16,17). The molecule has 1 saturated heterocycles. The summed E-state index contributed by atoms with van der Waals surface area (Å²) in [6, 6.07) is 0.499. The minimum Gasteiger partial charge on any atom is -0.481 e. The number of hydrogen-bond donors (Lipinski definition) is 2. The fraction of sp³-hybridized carbons (Fsp3) is 0.667. The Bertz CT molecular complexity index is 402. The molecule has 1 unspecified atom stereocenters. The Morgan fingerprint density at radius 1 is 1.61 bits per heavy atom. The van der Waals surface area contributed by atoms with Crippen molar-refractivity contribution in [1.29, 1.82) is 0 Å². The first kappa shape index (κ1) is 13.3. The fourth-order valence-corrected chi connectivity index (χ4v) is 2.89. The molecular weight excluding hydrogens is 250 g/mol. The normalized spacial score (nSPS) is 17.8. The maximum absolute atomic E-state index is 10.6. The van der Waals surface area contributed by atoms with Gasteiger partial charge in [-0.15, -0.1) is 11.3 Å². The number of nitrogens with zero attached hydrogens (tertiary/aromatic N) is 2. The van der Waals surface area contributed by atoms with Crippen molar-refractivity contribution in [3.8, 4) is 0 Å². The lowest BCUT2D eigenvalue weighted by Gasteiger charge is -2.23. The van der Waals surface area contributed by atoms with Crippen LogP contribution in [0.2, 0.25) is 0 Å². The van der Waals surface area contributed by atoms with E-state index in [0.29, 0.717) is 11.7 Å². The van der Waals surface area contributed by atoms with Gasteiger partial charge in [-0.1, -0.05) is 0 Å². The summed E-state index contributed by atoms with van der Waals surface area (Å²) >= 11 is 1.47. The van der Waals surface area contributed by atoms with Crippen molar-refractivity contribution in [3.05, 3.63) is 11.1 Å². The Kier molecular flexibility index (Phi) is 4.54. The molecule has 2 N–H and O–H groups in total. The summed E-state index contributed by atoms with van der Waals surface area (Å²) in [6.07, 6.45) is 2.59. The minimum absolute atomic E-state index is 0.000140. The molecule has 1 fully saturated rings. The molecule has 5 nitrogen and oxygen atoms in total. The van der Waals surface area contributed by atoms with Gasteiger partial charge in [0.2, 0.25) is 0 Å². The molecule has 18 heavy (non-hydrogen) atoms. The Hall–Kier alpha value is -1.14. The zero-order valence-corrected chi connectivity index (χ0v) is 11.4. The van der Waals surface area contributed by atoms with Crippen LogP contribution in [0.1, 0.15) is 25.5 Å². The molecule has 0 aliphatic carbocycles. The number of thiazole rings is 1. The lowest BCUT2D eigenvalue weighted by Crippen LogP contribution is -2.35. The van der Waals surface area contributed by atoms with Crippen molar-refractivity contribution in [2.24, 2.45) is 0 Å². The number of likely N-dealkylation sites (tertiary alicyclic amines) is 1. The van der Waals surface area contributed by atoms with Crippen molar-refractivity contribution in [1.82, 2.24) is 9.88 Å². The molecule has 0 saturated carbocycles. The molecule has 1 aromatic rings. The van der Waals surface area contributed by atoms with Crippen molar-refractivity contribution >= 4 is 22.4 Å². The van der Waals surface area contributed by atoms with Gasteiger partial charge < -0.3 is 10.4 Å². The Morgan fingerprint density at radius 2 is 2.33 bits per heavy atom. The number of aromatic nitrogens is 1. The fourth-order valence-electron chi connectivity index (χ4n) is 2.17. The van der Waals surface area contributed by atoms with E-state index in [4.69, 9.17) is 5.11 Å². The summed E-state index contributed by atoms with van der Waals surface area (Å²) in [5.74, 6) is -0.836. The summed E-state index contributed by atoms with van der Waals surface area (Å²) in [7, 11) is 0. The topological polar surface area (TPSA) is 65.5 Å². The summed E-state index contributed by atoms with van der Waals surface area (Å²) in [5.41, 5.74) is 0.629. The van der Waals surface area contributed by atoms with Crippen molar-refractivity contribution in [2.75, 3.05) is 25.0 Å². The Balaban J connectivity index is 1.78. The predicted molar refractivity (Wildman–Crippen MR) is 72.2 cm³/mol. The summed E-state index contributed by atoms with van der Waals surface area (Å²) in [4.78, 5) is 17.3. The monoisotopic (exact) mass is 269 g/mol. The van der Waals surface area contributed by atoms with Gasteiger partial charge in [0.1, 0.15) is 0 Å². The number of aliphatic carboxylic acids is 1. The molecule has 2 heterocycles. The molecule has 0 radical (unpaired) electrons. The molecule has 0 amide bonds. The average molecular weight is 269 g/mol. The van der Waals surface area contributed by atoms with E-state index >= 15 is 0 Å². The second-order valence-corrected chi connectivity index (χ2v) is 5.55. The maximum atomic E-state index is 10.6. The van der Waals surface area contributed by atoms with E-state index in [1.165, 1.54) is 37.3 Å². The van der Waals surface area contributed by atoms with Crippen LogP contribution in [-0.2, 0) is 11.2 Å². The molecule has 0 aromatic carbocycles. The maximum Gasteiger partial charge on any atom is 0.309 e. The molecular formula is C12H19N3O2S. The highest BCUT2D eigenvalue weighted by Gasteiger charge is 2.17. The second-order valence-electron chi connectivity index (χ2n) is 4.69. The summed E-state index contributed by atoms with van der Waals surface area (Å²) in [5, 5.41) is 14.6. The number of anilines is 1. The summed E-state index contributed by atoms with van der Waals surface area (Å²) < 4.78 is 0. The SMILES string of the molecule is CC(CNc1nc(CC(=O)O)cs1)N1CCCC1. The molecule has 0 bridgehead atoms. The van der Waals surface area contributed by atoms with Gasteiger partial charge >= 0.3 is 5.97 Å². The van der Waals surface area contributed by atoms with Gasteiger partial charge in [0.25, 0.3) is 0 Å². The van der Waals surface area contributed by atoms with Crippen LogP contribution >= 0.6 is 11.3 Å². The molecule has 1 aromatic heterocycles. The number of carbonyl (C=O) groups is 1. The highest BCUT2D eigenvalue weighted by atomic mass is 32.1. The van der Waals surface area contributed by atoms with Crippen LogP contribution in [0.5, 0.6) is 0 Å². The van der Waals surface area contributed by atoms with Gasteiger partial charge in [-0.25, -0.2) is 4.98 Å². The van der Waals surface area contributed by atoms with E-state index in [1.54, 1.807) is 5.38 Å². The van der Waals surface area contributed by atoms with Crippen LogP contribution in [0.15, 0.2) is 5.38 Å². The lowest BCUT2D eigenvalue weighted by molar-refractivity contribution is -0.136.